The molecule has 0 unspecified atom stereocenters. The molecular formula is C16H23ClN6O7. The van der Waals surface area contributed by atoms with Crippen LogP contribution in [0.3, 0.4) is 0 Å². The molecule has 1 saturated carbocycles. The Hall–Kier alpha value is -1.68. The molecule has 14 heteroatoms. The van der Waals surface area contributed by atoms with Gasteiger partial charge in [-0.05, 0) is 24.4 Å². The summed E-state index contributed by atoms with van der Waals surface area (Å²) in [5, 5.41) is 41.0. The normalized spacial score (nSPS) is 27.9. The fourth-order valence-electron chi connectivity index (χ4n) is 3.87. The molecule has 0 bridgehead atoms. The molecule has 2 aliphatic rings. The van der Waals surface area contributed by atoms with Gasteiger partial charge in [-0.1, -0.05) is 24.3 Å². The number of hydrogen-bond donors (Lipinski definition) is 5. The number of imidazole rings is 1. The highest BCUT2D eigenvalue weighted by Gasteiger charge is 2.45. The third-order valence-corrected chi connectivity index (χ3v) is 5.54. The number of ether oxygens (including phenoxy) is 1. The summed E-state index contributed by atoms with van der Waals surface area (Å²) in [4.78, 5) is 20.9. The predicted molar refractivity (Wildman–Crippen MR) is 100 cm³/mol. The van der Waals surface area contributed by atoms with Crippen LogP contribution in [0.1, 0.15) is 38.3 Å². The van der Waals surface area contributed by atoms with E-state index in [2.05, 4.69) is 30.1 Å². The fraction of sp³-hybridized carbons (Fsp3) is 0.688. The Labute approximate surface area is 175 Å². The molecule has 2 fully saturated rings. The molecule has 4 atom stereocenters. The number of aliphatic hydroxyl groups is 2. The van der Waals surface area contributed by atoms with E-state index in [4.69, 9.17) is 26.8 Å². The number of aliphatic hydroxyl groups excluding tert-OH is 2. The number of hydrogen-bond acceptors (Lipinski definition) is 12. The quantitative estimate of drug-likeness (QED) is 0.231. The number of rotatable bonds is 7. The molecule has 0 spiro atoms. The highest BCUT2D eigenvalue weighted by atomic mass is 35.5. The number of halogens is 1. The van der Waals surface area contributed by atoms with Crippen molar-refractivity contribution >= 4 is 28.6 Å². The Morgan fingerprint density at radius 2 is 2.00 bits per heavy atom. The van der Waals surface area contributed by atoms with Gasteiger partial charge >= 0.3 is 0 Å². The van der Waals surface area contributed by atoms with Crippen LogP contribution in [0.5, 0.6) is 0 Å². The van der Waals surface area contributed by atoms with Crippen LogP contribution in [0, 0.1) is 0 Å². The molecule has 1 aliphatic heterocycles. The van der Waals surface area contributed by atoms with Crippen molar-refractivity contribution in [2.45, 2.75) is 62.7 Å². The highest BCUT2D eigenvalue weighted by Crippen LogP contribution is 2.33. The van der Waals surface area contributed by atoms with Crippen LogP contribution >= 0.6 is 11.6 Å². The summed E-state index contributed by atoms with van der Waals surface area (Å²) in [6.07, 6.45) is 2.20. The third kappa shape index (κ3) is 4.34. The van der Waals surface area contributed by atoms with Gasteiger partial charge in [-0.3, -0.25) is 9.77 Å². The van der Waals surface area contributed by atoms with Crippen LogP contribution in [0.15, 0.2) is 6.33 Å². The van der Waals surface area contributed by atoms with Crippen molar-refractivity contribution in [2.24, 2.45) is 0 Å². The van der Waals surface area contributed by atoms with Crippen molar-refractivity contribution < 1.29 is 35.2 Å². The zero-order valence-corrected chi connectivity index (χ0v) is 16.6. The first kappa shape index (κ1) is 21.5. The van der Waals surface area contributed by atoms with Crippen LogP contribution in [0.4, 0.5) is 5.82 Å². The SMILES string of the molecule is OON(O)OC[C@H]1O[C@@H](n2cnc3c(NC4CCCCC4)nc(Cl)nc32)[C@H](O)[C@@H]1O. The molecule has 30 heavy (non-hydrogen) atoms. The maximum absolute atomic E-state index is 10.5. The number of fused-ring (bicyclic) bond motifs is 1. The summed E-state index contributed by atoms with van der Waals surface area (Å²) < 4.78 is 7.11. The lowest BCUT2D eigenvalue weighted by atomic mass is 9.95. The van der Waals surface area contributed by atoms with Gasteiger partial charge in [-0.2, -0.15) is 9.97 Å². The van der Waals surface area contributed by atoms with Crippen molar-refractivity contribution in [3.8, 4) is 0 Å². The number of aromatic nitrogens is 4. The maximum atomic E-state index is 10.5. The van der Waals surface area contributed by atoms with E-state index in [1.165, 1.54) is 17.3 Å². The molecule has 3 heterocycles. The highest BCUT2D eigenvalue weighted by molar-refractivity contribution is 6.28. The summed E-state index contributed by atoms with van der Waals surface area (Å²) in [6, 6.07) is 0.268. The van der Waals surface area contributed by atoms with E-state index in [0.717, 1.165) is 25.7 Å². The number of anilines is 1. The molecule has 1 aliphatic carbocycles. The van der Waals surface area contributed by atoms with Gasteiger partial charge in [0.1, 0.15) is 30.3 Å². The standard InChI is InChI=1S/C16H23ClN6O7/c17-16-20-13(19-8-4-2-1-3-5-8)10-14(21-16)22(7-18-10)15-12(25)11(24)9(29-15)6-28-23(26)30-27/h7-9,11-12,15,24-27H,1-6H2,(H,19,20,21)/t9-,11-,12-,15-/m1/s1. The minimum atomic E-state index is -1.35. The van der Waals surface area contributed by atoms with Crippen LogP contribution in [0.25, 0.3) is 11.2 Å². The minimum Gasteiger partial charge on any atom is -0.387 e. The van der Waals surface area contributed by atoms with Crippen molar-refractivity contribution in [1.29, 1.82) is 0 Å². The Balaban J connectivity index is 1.57. The van der Waals surface area contributed by atoms with E-state index in [0.29, 0.717) is 17.0 Å². The van der Waals surface area contributed by atoms with Crippen molar-refractivity contribution in [3.63, 3.8) is 0 Å². The Morgan fingerprint density at radius 1 is 1.23 bits per heavy atom. The second kappa shape index (κ2) is 9.21. The molecule has 4 rings (SSSR count). The van der Waals surface area contributed by atoms with E-state index < -0.39 is 31.1 Å². The summed E-state index contributed by atoms with van der Waals surface area (Å²) in [5.74, 6) is 0.500. The Morgan fingerprint density at radius 3 is 2.73 bits per heavy atom. The van der Waals surface area contributed by atoms with Gasteiger partial charge in [-0.25, -0.2) is 15.1 Å². The first-order valence-corrected chi connectivity index (χ1v) is 9.97. The van der Waals surface area contributed by atoms with Gasteiger partial charge in [0.15, 0.2) is 23.2 Å². The van der Waals surface area contributed by atoms with Gasteiger partial charge in [0.25, 0.3) is 0 Å². The van der Waals surface area contributed by atoms with E-state index in [-0.39, 0.29) is 16.7 Å². The molecule has 5 N–H and O–H groups in total. The molecule has 1 saturated heterocycles. The lowest BCUT2D eigenvalue weighted by Gasteiger charge is -2.23. The predicted octanol–water partition coefficient (Wildman–Crippen LogP) is 0.871. The molecule has 0 radical (unpaired) electrons. The third-order valence-electron chi connectivity index (χ3n) is 5.37. The molecule has 2 aromatic rings. The van der Waals surface area contributed by atoms with Crippen molar-refractivity contribution in [3.05, 3.63) is 11.6 Å². The smallest absolute Gasteiger partial charge is 0.226 e. The van der Waals surface area contributed by atoms with E-state index in [9.17, 15) is 10.2 Å². The Bertz CT molecular complexity index is 866. The van der Waals surface area contributed by atoms with E-state index in [1.54, 1.807) is 0 Å². The largest absolute Gasteiger partial charge is 0.387 e. The van der Waals surface area contributed by atoms with Crippen LogP contribution in [0.2, 0.25) is 5.28 Å². The molecule has 0 aromatic carbocycles. The zero-order valence-electron chi connectivity index (χ0n) is 15.8. The molecule has 2 aromatic heterocycles. The molecular weight excluding hydrogens is 424 g/mol. The monoisotopic (exact) mass is 446 g/mol. The molecule has 13 nitrogen and oxygen atoms in total. The topological polar surface area (TPSA) is 167 Å². The lowest BCUT2D eigenvalue weighted by Crippen LogP contribution is -2.35. The Kier molecular flexibility index (Phi) is 6.62. The average molecular weight is 447 g/mol. The molecule has 166 valence electrons. The summed E-state index contributed by atoms with van der Waals surface area (Å²) in [7, 11) is 0. The average Bonchev–Trinajstić information content (AvgIpc) is 3.28. The van der Waals surface area contributed by atoms with E-state index >= 15 is 0 Å². The van der Waals surface area contributed by atoms with Gasteiger partial charge in [0, 0.05) is 6.04 Å². The fourth-order valence-corrected chi connectivity index (χ4v) is 4.04. The summed E-state index contributed by atoms with van der Waals surface area (Å²) in [5.41, 5.74) is 0.791. The number of nitrogens with zero attached hydrogens (tertiary/aromatic N) is 5. The van der Waals surface area contributed by atoms with Crippen LogP contribution in [-0.4, -0.2) is 76.5 Å². The summed E-state index contributed by atoms with van der Waals surface area (Å²) >= 11 is 6.12. The molecule has 0 amide bonds. The lowest BCUT2D eigenvalue weighted by molar-refractivity contribution is -0.607. The zero-order chi connectivity index (χ0) is 21.3. The van der Waals surface area contributed by atoms with Gasteiger partial charge in [0.2, 0.25) is 5.28 Å². The maximum Gasteiger partial charge on any atom is 0.226 e. The summed E-state index contributed by atoms with van der Waals surface area (Å²) in [6.45, 7) is -0.414. The van der Waals surface area contributed by atoms with E-state index in [1.807, 2.05) is 0 Å². The van der Waals surface area contributed by atoms with Crippen LogP contribution < -0.4 is 5.32 Å². The van der Waals surface area contributed by atoms with Crippen LogP contribution in [-0.2, 0) is 14.6 Å². The van der Waals surface area contributed by atoms with Crippen molar-refractivity contribution in [2.75, 3.05) is 11.9 Å². The first-order valence-electron chi connectivity index (χ1n) is 9.59. The second-order valence-corrected chi connectivity index (χ2v) is 7.64. The minimum absolute atomic E-state index is 0.00601. The van der Waals surface area contributed by atoms with Gasteiger partial charge in [-0.15, -0.1) is 0 Å². The van der Waals surface area contributed by atoms with Gasteiger partial charge < -0.3 is 20.3 Å². The first-order chi connectivity index (χ1) is 14.5. The van der Waals surface area contributed by atoms with Gasteiger partial charge in [0.05, 0.1) is 6.33 Å². The second-order valence-electron chi connectivity index (χ2n) is 7.31. The van der Waals surface area contributed by atoms with Crippen molar-refractivity contribution in [1.82, 2.24) is 24.9 Å². The number of nitrogens with one attached hydrogen (secondary N) is 1.